The van der Waals surface area contributed by atoms with Crippen LogP contribution in [0.2, 0.25) is 0 Å². The van der Waals surface area contributed by atoms with Gasteiger partial charge < -0.3 is 0 Å². The largest absolute Gasteiger partial charge is 0.271 e. The van der Waals surface area contributed by atoms with Crippen molar-refractivity contribution in [3.8, 4) is 0 Å². The van der Waals surface area contributed by atoms with Crippen molar-refractivity contribution in [3.63, 3.8) is 0 Å². The molecule has 1 atom stereocenters. The third-order valence-corrected chi connectivity index (χ3v) is 4.25. The molecule has 1 amide bonds. The lowest BCUT2D eigenvalue weighted by atomic mass is 10.1. The fourth-order valence-corrected chi connectivity index (χ4v) is 2.54. The van der Waals surface area contributed by atoms with E-state index in [1.54, 1.807) is 11.6 Å². The van der Waals surface area contributed by atoms with E-state index < -0.39 is 6.04 Å². The summed E-state index contributed by atoms with van der Waals surface area (Å²) < 4.78 is 2.59. The van der Waals surface area contributed by atoms with Crippen molar-refractivity contribution in [2.75, 3.05) is 0 Å². The number of hydrazone groups is 1. The number of fused-ring (bicyclic) bond motifs is 1. The van der Waals surface area contributed by atoms with Gasteiger partial charge in [0.25, 0.3) is 5.91 Å². The highest BCUT2D eigenvalue weighted by Gasteiger charge is 2.18. The first-order valence-electron chi connectivity index (χ1n) is 7.46. The molecule has 3 rings (SSSR count). The predicted octanol–water partition coefficient (Wildman–Crippen LogP) is 3.30. The van der Waals surface area contributed by atoms with Gasteiger partial charge in [-0.05, 0) is 43.7 Å². The number of rotatable bonds is 4. The molecule has 0 saturated carbocycles. The first kappa shape index (κ1) is 16.3. The Bertz CT molecular complexity index is 901. The Hall–Kier alpha value is -2.54. The molecule has 0 aliphatic carbocycles. The zero-order valence-electron chi connectivity index (χ0n) is 13.3. The Kier molecular flexibility index (Phi) is 4.71. The van der Waals surface area contributed by atoms with E-state index in [4.69, 9.17) is 0 Å². The quantitative estimate of drug-likeness (QED) is 0.553. The molecule has 0 spiro atoms. The molecular formula is C17H16BrN5O. The van der Waals surface area contributed by atoms with E-state index in [-0.39, 0.29) is 5.91 Å². The van der Waals surface area contributed by atoms with Crippen LogP contribution in [0.25, 0.3) is 11.0 Å². The number of amides is 1. The van der Waals surface area contributed by atoms with Gasteiger partial charge in [-0.2, -0.15) is 5.10 Å². The average molecular weight is 386 g/mol. The van der Waals surface area contributed by atoms with Gasteiger partial charge in [0.05, 0.1) is 11.2 Å². The van der Waals surface area contributed by atoms with Gasteiger partial charge in [-0.15, -0.1) is 5.10 Å². The fraction of sp³-hybridized carbons (Fsp3) is 0.176. The molecular weight excluding hydrogens is 370 g/mol. The number of nitrogens with zero attached hydrogens (tertiary/aromatic N) is 4. The van der Waals surface area contributed by atoms with Gasteiger partial charge in [0, 0.05) is 4.47 Å². The average Bonchev–Trinajstić information content (AvgIpc) is 3.03. The highest BCUT2D eigenvalue weighted by atomic mass is 79.9. The Morgan fingerprint density at radius 2 is 1.92 bits per heavy atom. The summed E-state index contributed by atoms with van der Waals surface area (Å²) >= 11 is 3.39. The topological polar surface area (TPSA) is 72.2 Å². The number of carbonyl (C=O) groups is 1. The van der Waals surface area contributed by atoms with Gasteiger partial charge in [-0.3, -0.25) is 4.79 Å². The second-order valence-corrected chi connectivity index (χ2v) is 6.29. The maximum Gasteiger partial charge on any atom is 0.264 e. The zero-order valence-corrected chi connectivity index (χ0v) is 14.9. The van der Waals surface area contributed by atoms with Crippen molar-refractivity contribution >= 4 is 38.6 Å². The van der Waals surface area contributed by atoms with Crippen molar-refractivity contribution < 1.29 is 4.79 Å². The highest BCUT2D eigenvalue weighted by Crippen LogP contribution is 2.15. The number of nitrogens with one attached hydrogen (secondary N) is 1. The smallest absolute Gasteiger partial charge is 0.264 e. The molecule has 0 bridgehead atoms. The van der Waals surface area contributed by atoms with E-state index >= 15 is 0 Å². The van der Waals surface area contributed by atoms with Crippen LogP contribution >= 0.6 is 15.9 Å². The van der Waals surface area contributed by atoms with E-state index in [1.165, 1.54) is 0 Å². The van der Waals surface area contributed by atoms with E-state index in [0.717, 1.165) is 26.8 Å². The molecule has 7 heteroatoms. The summed E-state index contributed by atoms with van der Waals surface area (Å²) in [5.74, 6) is -0.248. The third kappa shape index (κ3) is 3.35. The maximum atomic E-state index is 12.4. The molecule has 6 nitrogen and oxygen atoms in total. The third-order valence-electron chi connectivity index (χ3n) is 3.72. The monoisotopic (exact) mass is 385 g/mol. The van der Waals surface area contributed by atoms with Crippen LogP contribution in [-0.4, -0.2) is 26.6 Å². The van der Waals surface area contributed by atoms with E-state index in [0.29, 0.717) is 0 Å². The molecule has 1 aromatic heterocycles. The van der Waals surface area contributed by atoms with Crippen LogP contribution < -0.4 is 5.43 Å². The summed E-state index contributed by atoms with van der Waals surface area (Å²) in [7, 11) is 0. The molecule has 0 fully saturated rings. The van der Waals surface area contributed by atoms with Crippen LogP contribution in [0.1, 0.15) is 25.5 Å². The van der Waals surface area contributed by atoms with Gasteiger partial charge in [0.2, 0.25) is 0 Å². The van der Waals surface area contributed by atoms with Crippen LogP contribution in [0.4, 0.5) is 0 Å². The fourth-order valence-electron chi connectivity index (χ4n) is 2.27. The predicted molar refractivity (Wildman–Crippen MR) is 96.7 cm³/mol. The summed E-state index contributed by atoms with van der Waals surface area (Å²) in [5.41, 5.74) is 5.84. The number of hydrogen-bond acceptors (Lipinski definition) is 4. The van der Waals surface area contributed by atoms with Gasteiger partial charge in [-0.25, -0.2) is 10.1 Å². The molecule has 0 saturated heterocycles. The maximum absolute atomic E-state index is 12.4. The molecule has 1 heterocycles. The Labute approximate surface area is 147 Å². The molecule has 0 unspecified atom stereocenters. The summed E-state index contributed by atoms with van der Waals surface area (Å²) in [6, 6.07) is 14.7. The van der Waals surface area contributed by atoms with Crippen molar-refractivity contribution in [2.24, 2.45) is 5.10 Å². The lowest BCUT2D eigenvalue weighted by Crippen LogP contribution is -2.28. The number of aromatic nitrogens is 3. The van der Waals surface area contributed by atoms with Crippen LogP contribution in [0.3, 0.4) is 0 Å². The minimum atomic E-state index is -0.515. The molecule has 122 valence electrons. The summed E-state index contributed by atoms with van der Waals surface area (Å²) in [6.07, 6.45) is 0. The summed E-state index contributed by atoms with van der Waals surface area (Å²) in [5, 5.41) is 12.3. The van der Waals surface area contributed by atoms with Crippen molar-refractivity contribution in [1.29, 1.82) is 0 Å². The van der Waals surface area contributed by atoms with E-state index in [9.17, 15) is 4.79 Å². The second-order valence-electron chi connectivity index (χ2n) is 5.38. The molecule has 1 N–H and O–H groups in total. The first-order valence-corrected chi connectivity index (χ1v) is 8.25. The van der Waals surface area contributed by atoms with E-state index in [1.807, 2.05) is 55.5 Å². The second kappa shape index (κ2) is 6.92. The zero-order chi connectivity index (χ0) is 17.1. The normalized spacial score (nSPS) is 13.0. The molecule has 0 radical (unpaired) electrons. The number of benzene rings is 2. The number of halogens is 1. The van der Waals surface area contributed by atoms with Crippen LogP contribution in [0, 0.1) is 0 Å². The van der Waals surface area contributed by atoms with Crippen LogP contribution in [-0.2, 0) is 4.79 Å². The van der Waals surface area contributed by atoms with Gasteiger partial charge in [-0.1, -0.05) is 45.4 Å². The molecule has 2 aromatic carbocycles. The Balaban J connectivity index is 1.74. The number of hydrogen-bond donors (Lipinski definition) is 1. The number of carbonyl (C=O) groups excluding carboxylic acids is 1. The van der Waals surface area contributed by atoms with Crippen molar-refractivity contribution in [3.05, 3.63) is 58.6 Å². The Morgan fingerprint density at radius 1 is 1.21 bits per heavy atom. The molecule has 0 aliphatic heterocycles. The Morgan fingerprint density at radius 3 is 2.67 bits per heavy atom. The van der Waals surface area contributed by atoms with Crippen molar-refractivity contribution in [2.45, 2.75) is 19.9 Å². The lowest BCUT2D eigenvalue weighted by Gasteiger charge is -2.11. The number of para-hydroxylation sites is 1. The molecule has 24 heavy (non-hydrogen) atoms. The lowest BCUT2D eigenvalue weighted by molar-refractivity contribution is -0.124. The highest BCUT2D eigenvalue weighted by molar-refractivity contribution is 9.10. The van der Waals surface area contributed by atoms with E-state index in [2.05, 4.69) is 36.8 Å². The van der Waals surface area contributed by atoms with Gasteiger partial charge >= 0.3 is 0 Å². The molecule has 0 aliphatic rings. The summed E-state index contributed by atoms with van der Waals surface area (Å²) in [6.45, 7) is 3.61. The first-order chi connectivity index (χ1) is 11.6. The minimum Gasteiger partial charge on any atom is -0.271 e. The van der Waals surface area contributed by atoms with Crippen molar-refractivity contribution in [1.82, 2.24) is 20.4 Å². The van der Waals surface area contributed by atoms with Crippen LogP contribution in [0.5, 0.6) is 0 Å². The summed E-state index contributed by atoms with van der Waals surface area (Å²) in [4.78, 5) is 12.4. The van der Waals surface area contributed by atoms with Gasteiger partial charge in [0.15, 0.2) is 0 Å². The SMILES string of the molecule is C/C(=N\NC(=O)[C@H](C)n1nnc2ccccc21)c1ccc(Br)cc1. The van der Waals surface area contributed by atoms with Crippen LogP contribution in [0.15, 0.2) is 58.1 Å². The molecule has 3 aromatic rings. The minimum absolute atomic E-state index is 0.248. The standard InChI is InChI=1S/C17H16BrN5O/c1-11(13-7-9-14(18)10-8-13)19-21-17(24)12(2)23-16-6-4-3-5-15(16)20-22-23/h3-10,12H,1-2H3,(H,21,24)/b19-11+/t12-/m0/s1. The van der Waals surface area contributed by atoms with Gasteiger partial charge in [0.1, 0.15) is 11.6 Å².